The van der Waals surface area contributed by atoms with Crippen LogP contribution in [0.15, 0.2) is 76.1 Å². The number of carbonyl (C=O) groups excluding carboxylic acids is 2. The first-order chi connectivity index (χ1) is 20.2. The van der Waals surface area contributed by atoms with E-state index in [2.05, 4.69) is 52.9 Å². The molecule has 6 rings (SSSR count). The summed E-state index contributed by atoms with van der Waals surface area (Å²) in [6.45, 7) is 3.93. The largest absolute Gasteiger partial charge is 0.354 e. The molecule has 0 spiro atoms. The molecule has 2 amide bonds. The maximum atomic E-state index is 13.9. The number of hydrogen-bond acceptors (Lipinski definition) is 7. The molecule has 10 nitrogen and oxygen atoms in total. The average Bonchev–Trinajstić information content (AvgIpc) is 3.59. The smallest absolute Gasteiger partial charge is 0.250 e. The molecule has 0 radical (unpaired) electrons. The number of nitrogens with one attached hydrogen (secondary N) is 3. The number of fused-ring (bicyclic) bond motifs is 2. The first-order valence-corrected chi connectivity index (χ1v) is 15.2. The molecule has 5 N–H and O–H groups in total. The van der Waals surface area contributed by atoms with Gasteiger partial charge in [-0.1, -0.05) is 42.5 Å². The van der Waals surface area contributed by atoms with Crippen LogP contribution >= 0.6 is 27.7 Å². The predicted octanol–water partition coefficient (Wildman–Crippen LogP) is 5.03. The molecule has 2 aromatic heterocycles. The van der Waals surface area contributed by atoms with E-state index in [0.717, 1.165) is 48.3 Å². The van der Waals surface area contributed by atoms with Crippen LogP contribution in [0.5, 0.6) is 0 Å². The van der Waals surface area contributed by atoms with Crippen molar-refractivity contribution < 1.29 is 9.59 Å². The van der Waals surface area contributed by atoms with Gasteiger partial charge in [0, 0.05) is 44.6 Å². The van der Waals surface area contributed by atoms with Crippen molar-refractivity contribution in [2.24, 2.45) is 5.73 Å². The van der Waals surface area contributed by atoms with E-state index in [9.17, 15) is 9.59 Å². The molecule has 5 aromatic rings. The Morgan fingerprint density at radius 2 is 1.90 bits per heavy atom. The quantitative estimate of drug-likeness (QED) is 0.194. The Morgan fingerprint density at radius 3 is 2.67 bits per heavy atom. The number of tetrazole rings is 1. The highest BCUT2D eigenvalue weighted by atomic mass is 79.9. The van der Waals surface area contributed by atoms with Gasteiger partial charge in [0.1, 0.15) is 6.04 Å². The van der Waals surface area contributed by atoms with Gasteiger partial charge in [0.2, 0.25) is 11.7 Å². The number of nitrogens with two attached hydrogens (primary N) is 1. The number of amides is 2. The van der Waals surface area contributed by atoms with E-state index in [-0.39, 0.29) is 18.2 Å². The van der Waals surface area contributed by atoms with Gasteiger partial charge in [-0.05, 0) is 64.8 Å². The SMILES string of the molecule is CC(C)(N)CC(=O)N[C@@H]1CSc2ccccc2N(Cc2ccc3[nH]c(-c4ccccc4-c4nn[nH]n4)c(Br)c3c2)C1=O. The highest BCUT2D eigenvalue weighted by Crippen LogP contribution is 2.40. The summed E-state index contributed by atoms with van der Waals surface area (Å²) in [5.74, 6) is 0.552. The number of benzene rings is 3. The first-order valence-electron chi connectivity index (χ1n) is 13.4. The second kappa shape index (κ2) is 11.3. The number of anilines is 1. The first kappa shape index (κ1) is 28.1. The summed E-state index contributed by atoms with van der Waals surface area (Å²) in [5.41, 5.74) is 10.8. The predicted molar refractivity (Wildman–Crippen MR) is 168 cm³/mol. The zero-order valence-corrected chi connectivity index (χ0v) is 25.4. The number of para-hydroxylation sites is 1. The van der Waals surface area contributed by atoms with Gasteiger partial charge < -0.3 is 20.9 Å². The van der Waals surface area contributed by atoms with Crippen molar-refractivity contribution in [1.29, 1.82) is 0 Å². The monoisotopic (exact) mass is 644 g/mol. The van der Waals surface area contributed by atoms with Crippen molar-refractivity contribution in [2.45, 2.75) is 43.3 Å². The van der Waals surface area contributed by atoms with E-state index in [1.54, 1.807) is 30.5 Å². The Balaban J connectivity index is 1.33. The third kappa shape index (κ3) is 5.69. The molecule has 12 heteroatoms. The van der Waals surface area contributed by atoms with Crippen molar-refractivity contribution in [2.75, 3.05) is 10.7 Å². The number of rotatable bonds is 7. The van der Waals surface area contributed by atoms with Gasteiger partial charge in [-0.3, -0.25) is 9.59 Å². The summed E-state index contributed by atoms with van der Waals surface area (Å²) in [5, 5.41) is 18.5. The zero-order chi connectivity index (χ0) is 29.4. The maximum Gasteiger partial charge on any atom is 0.250 e. The van der Waals surface area contributed by atoms with E-state index in [0.29, 0.717) is 18.1 Å². The number of nitrogens with zero attached hydrogens (tertiary/aromatic N) is 4. The minimum atomic E-state index is -0.673. The Bertz CT molecular complexity index is 1780. The third-order valence-electron chi connectivity index (χ3n) is 7.00. The van der Waals surface area contributed by atoms with Gasteiger partial charge in [0.15, 0.2) is 0 Å². The standard InChI is InChI=1S/C30H29BrN8O2S/c1-30(2,32)14-25(40)33-22-16-42-24-10-6-5-9-23(24)39(29(22)41)15-17-11-12-21-20(13-17)26(31)27(34-21)18-7-3-4-8-19(18)28-35-37-38-36-28/h3-13,22,34H,14-16,32H2,1-2H3,(H,33,40)(H,35,36,37,38)/t22-/m1/s1. The Kier molecular flexibility index (Phi) is 7.60. The fourth-order valence-electron chi connectivity index (χ4n) is 5.12. The van der Waals surface area contributed by atoms with Gasteiger partial charge in [-0.2, -0.15) is 5.21 Å². The van der Waals surface area contributed by atoms with Gasteiger partial charge >= 0.3 is 0 Å². The van der Waals surface area contributed by atoms with Crippen LogP contribution in [0.1, 0.15) is 25.8 Å². The molecule has 214 valence electrons. The van der Waals surface area contributed by atoms with Crippen LogP contribution < -0.4 is 16.0 Å². The lowest BCUT2D eigenvalue weighted by molar-refractivity contribution is -0.127. The second-order valence-corrected chi connectivity index (χ2v) is 12.8. The van der Waals surface area contributed by atoms with Crippen molar-refractivity contribution in [3.8, 4) is 22.6 Å². The van der Waals surface area contributed by atoms with Crippen LogP contribution in [-0.4, -0.2) is 54.8 Å². The topological polar surface area (TPSA) is 146 Å². The number of carbonyl (C=O) groups is 2. The molecule has 1 aliphatic rings. The molecule has 0 saturated carbocycles. The molecule has 0 fully saturated rings. The minimum Gasteiger partial charge on any atom is -0.354 e. The van der Waals surface area contributed by atoms with Crippen LogP contribution in [0.25, 0.3) is 33.5 Å². The summed E-state index contributed by atoms with van der Waals surface area (Å²) >= 11 is 5.38. The van der Waals surface area contributed by atoms with Crippen LogP contribution in [0.3, 0.4) is 0 Å². The Hall–Kier alpha value is -4.00. The molecule has 1 atom stereocenters. The van der Waals surface area contributed by atoms with Crippen LogP contribution in [0.2, 0.25) is 0 Å². The third-order valence-corrected chi connectivity index (χ3v) is 8.98. The highest BCUT2D eigenvalue weighted by molar-refractivity contribution is 9.10. The molecule has 0 unspecified atom stereocenters. The van der Waals surface area contributed by atoms with Crippen molar-refractivity contribution in [3.05, 3.63) is 76.8 Å². The van der Waals surface area contributed by atoms with Crippen molar-refractivity contribution >= 4 is 56.1 Å². The molecule has 0 saturated heterocycles. The van der Waals surface area contributed by atoms with E-state index in [1.165, 1.54) is 0 Å². The molecule has 0 aliphatic carbocycles. The van der Waals surface area contributed by atoms with Crippen LogP contribution in [-0.2, 0) is 16.1 Å². The summed E-state index contributed by atoms with van der Waals surface area (Å²) in [7, 11) is 0. The fourth-order valence-corrected chi connectivity index (χ4v) is 6.84. The second-order valence-electron chi connectivity index (χ2n) is 11.0. The summed E-state index contributed by atoms with van der Waals surface area (Å²) in [6.07, 6.45) is 0.130. The number of aromatic nitrogens is 5. The molecular weight excluding hydrogens is 616 g/mol. The summed E-state index contributed by atoms with van der Waals surface area (Å²) in [4.78, 5) is 32.9. The molecule has 0 bridgehead atoms. The fraction of sp³-hybridized carbons (Fsp3) is 0.233. The zero-order valence-electron chi connectivity index (χ0n) is 23.0. The lowest BCUT2D eigenvalue weighted by atomic mass is 10.0. The van der Waals surface area contributed by atoms with Crippen molar-refractivity contribution in [1.82, 2.24) is 30.9 Å². The van der Waals surface area contributed by atoms with Gasteiger partial charge in [-0.25, -0.2) is 0 Å². The van der Waals surface area contributed by atoms with E-state index in [1.807, 2.05) is 60.7 Å². The molecular formula is C30H29BrN8O2S. The lowest BCUT2D eigenvalue weighted by Gasteiger charge is -2.27. The van der Waals surface area contributed by atoms with E-state index >= 15 is 0 Å². The Morgan fingerprint density at radius 1 is 1.14 bits per heavy atom. The number of halogens is 1. The highest BCUT2D eigenvalue weighted by Gasteiger charge is 2.33. The summed E-state index contributed by atoms with van der Waals surface area (Å²) < 4.78 is 0.892. The van der Waals surface area contributed by atoms with Crippen molar-refractivity contribution in [3.63, 3.8) is 0 Å². The number of thioether (sulfide) groups is 1. The number of aromatic amines is 2. The number of hydrogen-bond donors (Lipinski definition) is 4. The minimum absolute atomic E-state index is 0.130. The van der Waals surface area contributed by atoms with E-state index < -0.39 is 11.6 Å². The molecule has 1 aliphatic heterocycles. The average molecular weight is 646 g/mol. The van der Waals surface area contributed by atoms with E-state index in [4.69, 9.17) is 5.73 Å². The van der Waals surface area contributed by atoms with Crippen LogP contribution in [0, 0.1) is 0 Å². The molecule has 3 aromatic carbocycles. The number of H-pyrrole nitrogens is 2. The normalized spacial score (nSPS) is 15.5. The van der Waals surface area contributed by atoms with Crippen LogP contribution in [0.4, 0.5) is 5.69 Å². The van der Waals surface area contributed by atoms with Gasteiger partial charge in [0.05, 0.1) is 22.4 Å². The van der Waals surface area contributed by atoms with Gasteiger partial charge in [-0.15, -0.1) is 22.0 Å². The maximum absolute atomic E-state index is 13.9. The van der Waals surface area contributed by atoms with Gasteiger partial charge in [0.25, 0.3) is 5.91 Å². The lowest BCUT2D eigenvalue weighted by Crippen LogP contribution is -2.51. The summed E-state index contributed by atoms with van der Waals surface area (Å²) in [6, 6.07) is 21.1. The molecule has 3 heterocycles. The Labute approximate surface area is 255 Å². The molecule has 42 heavy (non-hydrogen) atoms.